The zero-order valence-corrected chi connectivity index (χ0v) is 12.7. The maximum absolute atomic E-state index is 12.4. The summed E-state index contributed by atoms with van der Waals surface area (Å²) < 4.78 is 0. The fraction of sp³-hybridized carbons (Fsp3) is 0.500. The van der Waals surface area contributed by atoms with Gasteiger partial charge in [-0.1, -0.05) is 52.8 Å². The van der Waals surface area contributed by atoms with E-state index >= 15 is 0 Å². The molecule has 0 heterocycles. The highest BCUT2D eigenvalue weighted by Gasteiger charge is 2.27. The van der Waals surface area contributed by atoms with Gasteiger partial charge in [-0.05, 0) is 23.0 Å². The van der Waals surface area contributed by atoms with Gasteiger partial charge >= 0.3 is 5.97 Å². The van der Waals surface area contributed by atoms with E-state index in [2.05, 4.69) is 5.32 Å². The second kappa shape index (κ2) is 6.07. The summed E-state index contributed by atoms with van der Waals surface area (Å²) in [5.74, 6) is -1.52. The van der Waals surface area contributed by atoms with Gasteiger partial charge in [0.2, 0.25) is 0 Å². The van der Waals surface area contributed by atoms with Gasteiger partial charge in [0.1, 0.15) is 6.04 Å². The standard InChI is InChI=1S/C16H23NO3/c1-10(2)13(15(19)20)17-14(18)11-8-6-7-9-12(11)16(3,4)5/h6-10,13H,1-5H3,(H,17,18)(H,19,20)/t13-/m0/s1. The molecule has 1 aromatic rings. The lowest BCUT2D eigenvalue weighted by Crippen LogP contribution is -2.44. The summed E-state index contributed by atoms with van der Waals surface area (Å²) in [5, 5.41) is 11.8. The SMILES string of the molecule is CC(C)[C@H](NC(=O)c1ccccc1C(C)(C)C)C(=O)O. The van der Waals surface area contributed by atoms with Crippen LogP contribution in [0.15, 0.2) is 24.3 Å². The molecule has 1 amide bonds. The van der Waals surface area contributed by atoms with Gasteiger partial charge in [0, 0.05) is 5.56 Å². The fourth-order valence-corrected chi connectivity index (χ4v) is 2.07. The van der Waals surface area contributed by atoms with Crippen molar-refractivity contribution in [2.24, 2.45) is 5.92 Å². The van der Waals surface area contributed by atoms with Crippen molar-refractivity contribution in [3.05, 3.63) is 35.4 Å². The largest absolute Gasteiger partial charge is 0.480 e. The van der Waals surface area contributed by atoms with Crippen LogP contribution in [-0.4, -0.2) is 23.0 Å². The number of aliphatic carboxylic acids is 1. The Bertz CT molecular complexity index is 501. The molecule has 20 heavy (non-hydrogen) atoms. The van der Waals surface area contributed by atoms with Crippen LogP contribution >= 0.6 is 0 Å². The van der Waals surface area contributed by atoms with Crippen LogP contribution in [-0.2, 0) is 10.2 Å². The molecule has 0 unspecified atom stereocenters. The van der Waals surface area contributed by atoms with Gasteiger partial charge < -0.3 is 10.4 Å². The van der Waals surface area contributed by atoms with Crippen molar-refractivity contribution in [1.82, 2.24) is 5.32 Å². The Morgan fingerprint density at radius 3 is 2.15 bits per heavy atom. The predicted molar refractivity (Wildman–Crippen MR) is 78.9 cm³/mol. The third-order valence-electron chi connectivity index (χ3n) is 3.20. The smallest absolute Gasteiger partial charge is 0.326 e. The van der Waals surface area contributed by atoms with Gasteiger partial charge in [-0.15, -0.1) is 0 Å². The molecule has 0 fully saturated rings. The molecule has 0 radical (unpaired) electrons. The number of benzene rings is 1. The number of nitrogens with one attached hydrogen (secondary N) is 1. The minimum atomic E-state index is -1.01. The number of carbonyl (C=O) groups excluding carboxylic acids is 1. The van der Waals surface area contributed by atoms with Gasteiger partial charge in [-0.2, -0.15) is 0 Å². The lowest BCUT2D eigenvalue weighted by Gasteiger charge is -2.24. The molecule has 0 spiro atoms. The molecule has 1 aromatic carbocycles. The third kappa shape index (κ3) is 3.83. The first-order valence-electron chi connectivity index (χ1n) is 6.77. The van der Waals surface area contributed by atoms with E-state index in [1.165, 1.54) is 0 Å². The quantitative estimate of drug-likeness (QED) is 0.889. The summed E-state index contributed by atoms with van der Waals surface area (Å²) in [6.45, 7) is 9.62. The normalized spacial score (nSPS) is 13.1. The van der Waals surface area contributed by atoms with Crippen LogP contribution in [0.3, 0.4) is 0 Å². The monoisotopic (exact) mass is 277 g/mol. The van der Waals surface area contributed by atoms with Crippen molar-refractivity contribution < 1.29 is 14.7 Å². The third-order valence-corrected chi connectivity index (χ3v) is 3.20. The lowest BCUT2D eigenvalue weighted by atomic mass is 9.83. The lowest BCUT2D eigenvalue weighted by molar-refractivity contribution is -0.140. The van der Waals surface area contributed by atoms with E-state index in [0.29, 0.717) is 5.56 Å². The first-order valence-corrected chi connectivity index (χ1v) is 6.77. The Balaban J connectivity index is 3.07. The molecule has 4 nitrogen and oxygen atoms in total. The molecular formula is C16H23NO3. The van der Waals surface area contributed by atoms with Crippen molar-refractivity contribution in [3.8, 4) is 0 Å². The van der Waals surface area contributed by atoms with E-state index in [-0.39, 0.29) is 17.2 Å². The highest BCUT2D eigenvalue weighted by molar-refractivity contribution is 5.98. The second-order valence-electron chi connectivity index (χ2n) is 6.33. The summed E-state index contributed by atoms with van der Waals surface area (Å²) >= 11 is 0. The number of rotatable bonds is 4. The van der Waals surface area contributed by atoms with E-state index in [0.717, 1.165) is 5.56 Å². The maximum atomic E-state index is 12.4. The number of hydrogen-bond donors (Lipinski definition) is 2. The maximum Gasteiger partial charge on any atom is 0.326 e. The number of amides is 1. The van der Waals surface area contributed by atoms with E-state index in [9.17, 15) is 9.59 Å². The summed E-state index contributed by atoms with van der Waals surface area (Å²) in [7, 11) is 0. The minimum Gasteiger partial charge on any atom is -0.480 e. The highest BCUT2D eigenvalue weighted by Crippen LogP contribution is 2.25. The van der Waals surface area contributed by atoms with Gasteiger partial charge in [-0.3, -0.25) is 4.79 Å². The van der Waals surface area contributed by atoms with Crippen LogP contribution in [0.4, 0.5) is 0 Å². The van der Waals surface area contributed by atoms with Crippen LogP contribution in [0.1, 0.15) is 50.5 Å². The fourth-order valence-electron chi connectivity index (χ4n) is 2.07. The molecule has 0 saturated heterocycles. The van der Waals surface area contributed by atoms with E-state index in [1.54, 1.807) is 26.0 Å². The van der Waals surface area contributed by atoms with Crippen molar-refractivity contribution in [3.63, 3.8) is 0 Å². The van der Waals surface area contributed by atoms with Gasteiger partial charge in [0.05, 0.1) is 0 Å². The van der Waals surface area contributed by atoms with Crippen molar-refractivity contribution in [1.29, 1.82) is 0 Å². The Labute approximate surface area is 120 Å². The molecule has 0 bridgehead atoms. The molecule has 4 heteroatoms. The Kier molecular flexibility index (Phi) is 4.93. The van der Waals surface area contributed by atoms with E-state index in [1.807, 2.05) is 32.9 Å². The molecule has 2 N–H and O–H groups in total. The van der Waals surface area contributed by atoms with Crippen molar-refractivity contribution in [2.45, 2.75) is 46.1 Å². The minimum absolute atomic E-state index is 0.168. The van der Waals surface area contributed by atoms with Gasteiger partial charge in [0.25, 0.3) is 5.91 Å². The summed E-state index contributed by atoms with van der Waals surface area (Å²) in [4.78, 5) is 23.5. The summed E-state index contributed by atoms with van der Waals surface area (Å²) in [5.41, 5.74) is 1.27. The van der Waals surface area contributed by atoms with Crippen LogP contribution in [0.2, 0.25) is 0 Å². The first kappa shape index (κ1) is 16.2. The molecule has 110 valence electrons. The molecule has 1 rings (SSSR count). The van der Waals surface area contributed by atoms with Crippen molar-refractivity contribution >= 4 is 11.9 Å². The van der Waals surface area contributed by atoms with Crippen LogP contribution < -0.4 is 5.32 Å². The molecule has 0 saturated carbocycles. The Morgan fingerprint density at radius 1 is 1.15 bits per heavy atom. The molecule has 1 atom stereocenters. The summed E-state index contributed by atoms with van der Waals surface area (Å²) in [6, 6.07) is 6.43. The van der Waals surface area contributed by atoms with E-state index < -0.39 is 12.0 Å². The second-order valence-corrected chi connectivity index (χ2v) is 6.33. The number of carboxylic acids is 1. The number of carboxylic acid groups (broad SMARTS) is 1. The van der Waals surface area contributed by atoms with Crippen LogP contribution in [0, 0.1) is 5.92 Å². The average Bonchev–Trinajstić information content (AvgIpc) is 2.33. The van der Waals surface area contributed by atoms with Crippen LogP contribution in [0.5, 0.6) is 0 Å². The van der Waals surface area contributed by atoms with Crippen LogP contribution in [0.25, 0.3) is 0 Å². The topological polar surface area (TPSA) is 66.4 Å². The molecule has 0 aliphatic rings. The first-order chi connectivity index (χ1) is 9.14. The highest BCUT2D eigenvalue weighted by atomic mass is 16.4. The van der Waals surface area contributed by atoms with Gasteiger partial charge in [0.15, 0.2) is 0 Å². The predicted octanol–water partition coefficient (Wildman–Crippen LogP) is 2.82. The molecular weight excluding hydrogens is 254 g/mol. The van der Waals surface area contributed by atoms with Gasteiger partial charge in [-0.25, -0.2) is 4.79 Å². The molecule has 0 aliphatic heterocycles. The summed E-state index contributed by atoms with van der Waals surface area (Å²) in [6.07, 6.45) is 0. The zero-order valence-electron chi connectivity index (χ0n) is 12.7. The average molecular weight is 277 g/mol. The molecule has 0 aliphatic carbocycles. The Morgan fingerprint density at radius 2 is 1.70 bits per heavy atom. The van der Waals surface area contributed by atoms with Crippen molar-refractivity contribution in [2.75, 3.05) is 0 Å². The zero-order chi connectivity index (χ0) is 15.5. The number of hydrogen-bond acceptors (Lipinski definition) is 2. The Hall–Kier alpha value is -1.84. The number of carbonyl (C=O) groups is 2. The van der Waals surface area contributed by atoms with E-state index in [4.69, 9.17) is 5.11 Å². The molecule has 0 aromatic heterocycles.